The summed E-state index contributed by atoms with van der Waals surface area (Å²) < 4.78 is 0. The maximum Gasteiger partial charge on any atom is 0.101 e. The van der Waals surface area contributed by atoms with E-state index in [2.05, 4.69) is 12.1 Å². The summed E-state index contributed by atoms with van der Waals surface area (Å²) in [5.74, 6) is 0.472. The monoisotopic (exact) mass is 247 g/mol. The van der Waals surface area contributed by atoms with Crippen LogP contribution in [0.5, 0.6) is 0 Å². The van der Waals surface area contributed by atoms with Crippen molar-refractivity contribution in [2.45, 2.75) is 12.8 Å². The van der Waals surface area contributed by atoms with Crippen molar-refractivity contribution in [1.29, 1.82) is 5.26 Å². The molecule has 0 aliphatic carbocycles. The van der Waals surface area contributed by atoms with Gasteiger partial charge in [-0.25, -0.2) is 0 Å². The molecule has 0 aliphatic heterocycles. The van der Waals surface area contributed by atoms with Gasteiger partial charge in [0.25, 0.3) is 0 Å². The van der Waals surface area contributed by atoms with Crippen LogP contribution < -0.4 is 0 Å². The highest BCUT2D eigenvalue weighted by atomic mass is 35.5. The van der Waals surface area contributed by atoms with Crippen molar-refractivity contribution in [3.63, 3.8) is 0 Å². The van der Waals surface area contributed by atoms with E-state index in [4.69, 9.17) is 16.9 Å². The smallest absolute Gasteiger partial charge is 0.101 e. The maximum atomic E-state index is 9.01. The summed E-state index contributed by atoms with van der Waals surface area (Å²) >= 11 is 7.52. The Kier molecular flexibility index (Phi) is 3.28. The summed E-state index contributed by atoms with van der Waals surface area (Å²) in [5.41, 5.74) is 4.07. The zero-order valence-corrected chi connectivity index (χ0v) is 10.4. The standard InChI is InChI=1S/C13H10ClNS/c1-9-2-3-12(11(6-9)7-14)13-10(8-15)4-5-16-13/h2-6H,7H2,1H3. The van der Waals surface area contributed by atoms with Crippen molar-refractivity contribution in [3.05, 3.63) is 46.3 Å². The van der Waals surface area contributed by atoms with E-state index in [1.54, 1.807) is 11.3 Å². The van der Waals surface area contributed by atoms with Gasteiger partial charge in [-0.05, 0) is 29.5 Å². The predicted octanol–water partition coefficient (Wildman–Crippen LogP) is 4.33. The van der Waals surface area contributed by atoms with Crippen LogP contribution in [-0.4, -0.2) is 0 Å². The molecule has 0 radical (unpaired) electrons. The molecule has 0 spiro atoms. The zero-order valence-electron chi connectivity index (χ0n) is 8.83. The van der Waals surface area contributed by atoms with Crippen molar-refractivity contribution < 1.29 is 0 Å². The molecular formula is C13H10ClNS. The van der Waals surface area contributed by atoms with Gasteiger partial charge in [-0.15, -0.1) is 22.9 Å². The van der Waals surface area contributed by atoms with Gasteiger partial charge in [-0.1, -0.05) is 23.8 Å². The van der Waals surface area contributed by atoms with Gasteiger partial charge in [0.2, 0.25) is 0 Å². The lowest BCUT2D eigenvalue weighted by Gasteiger charge is -2.06. The molecule has 2 aromatic rings. The molecule has 0 N–H and O–H groups in total. The number of aryl methyl sites for hydroxylation is 1. The maximum absolute atomic E-state index is 9.01. The number of thiophene rings is 1. The molecule has 0 amide bonds. The minimum Gasteiger partial charge on any atom is -0.192 e. The second-order valence-corrected chi connectivity index (χ2v) is 4.75. The first-order valence-corrected chi connectivity index (χ1v) is 6.31. The van der Waals surface area contributed by atoms with Crippen molar-refractivity contribution in [1.82, 2.24) is 0 Å². The molecule has 0 saturated carbocycles. The summed E-state index contributed by atoms with van der Waals surface area (Å²) in [6.45, 7) is 2.04. The van der Waals surface area contributed by atoms with Crippen LogP contribution >= 0.6 is 22.9 Å². The lowest BCUT2D eigenvalue weighted by Crippen LogP contribution is -1.87. The molecule has 1 nitrogen and oxygen atoms in total. The summed E-state index contributed by atoms with van der Waals surface area (Å²) in [6.07, 6.45) is 0. The molecule has 0 unspecified atom stereocenters. The molecule has 1 aromatic heterocycles. The zero-order chi connectivity index (χ0) is 11.5. The molecule has 0 bridgehead atoms. The van der Waals surface area contributed by atoms with Crippen LogP contribution in [0.4, 0.5) is 0 Å². The third-order valence-electron chi connectivity index (χ3n) is 2.44. The topological polar surface area (TPSA) is 23.8 Å². The first-order chi connectivity index (χ1) is 7.76. The number of nitriles is 1. The van der Waals surface area contributed by atoms with Crippen molar-refractivity contribution in [2.75, 3.05) is 0 Å². The summed E-state index contributed by atoms with van der Waals surface area (Å²) in [7, 11) is 0. The quantitative estimate of drug-likeness (QED) is 0.725. The number of benzene rings is 1. The van der Waals surface area contributed by atoms with Gasteiger partial charge in [-0.3, -0.25) is 0 Å². The Bertz CT molecular complexity index is 551. The van der Waals surface area contributed by atoms with E-state index in [0.29, 0.717) is 5.88 Å². The molecule has 80 valence electrons. The first kappa shape index (κ1) is 11.2. The average Bonchev–Trinajstić information content (AvgIpc) is 2.76. The predicted molar refractivity (Wildman–Crippen MR) is 68.8 cm³/mol. The Labute approximate surface area is 104 Å². The third kappa shape index (κ3) is 1.97. The fraction of sp³-hybridized carbons (Fsp3) is 0.154. The first-order valence-electron chi connectivity index (χ1n) is 4.89. The van der Waals surface area contributed by atoms with Crippen molar-refractivity contribution >= 4 is 22.9 Å². The van der Waals surface area contributed by atoms with Gasteiger partial charge in [-0.2, -0.15) is 5.26 Å². The fourth-order valence-corrected chi connectivity index (χ4v) is 2.79. The summed E-state index contributed by atoms with van der Waals surface area (Å²) in [5, 5.41) is 10.9. The van der Waals surface area contributed by atoms with Gasteiger partial charge < -0.3 is 0 Å². The Morgan fingerprint density at radius 1 is 1.38 bits per heavy atom. The normalized spacial score (nSPS) is 10.1. The van der Waals surface area contributed by atoms with Crippen LogP contribution in [0.3, 0.4) is 0 Å². The van der Waals surface area contributed by atoms with Gasteiger partial charge in [0.15, 0.2) is 0 Å². The van der Waals surface area contributed by atoms with Crippen LogP contribution in [0, 0.1) is 18.3 Å². The minimum atomic E-state index is 0.472. The highest BCUT2D eigenvalue weighted by Gasteiger charge is 2.10. The highest BCUT2D eigenvalue weighted by molar-refractivity contribution is 7.13. The molecule has 0 fully saturated rings. The van der Waals surface area contributed by atoms with Crippen LogP contribution in [0.2, 0.25) is 0 Å². The van der Waals surface area contributed by atoms with E-state index < -0.39 is 0 Å². The van der Waals surface area contributed by atoms with E-state index in [1.165, 1.54) is 5.56 Å². The molecular weight excluding hydrogens is 238 g/mol. The van der Waals surface area contributed by atoms with E-state index in [1.807, 2.05) is 30.5 Å². The lowest BCUT2D eigenvalue weighted by molar-refractivity contribution is 1.35. The Hall–Kier alpha value is -1.30. The van der Waals surface area contributed by atoms with E-state index in [0.717, 1.165) is 21.6 Å². The number of nitrogens with zero attached hydrogens (tertiary/aromatic N) is 1. The number of hydrogen-bond acceptors (Lipinski definition) is 2. The van der Waals surface area contributed by atoms with Crippen molar-refractivity contribution in [2.24, 2.45) is 0 Å². The van der Waals surface area contributed by atoms with Gasteiger partial charge in [0.05, 0.1) is 10.4 Å². The Morgan fingerprint density at radius 3 is 2.88 bits per heavy atom. The molecule has 0 atom stereocenters. The largest absolute Gasteiger partial charge is 0.192 e. The minimum absolute atomic E-state index is 0.472. The number of alkyl halides is 1. The van der Waals surface area contributed by atoms with Crippen LogP contribution in [-0.2, 0) is 5.88 Å². The fourth-order valence-electron chi connectivity index (χ4n) is 1.66. The van der Waals surface area contributed by atoms with Crippen LogP contribution in [0.25, 0.3) is 10.4 Å². The van der Waals surface area contributed by atoms with Gasteiger partial charge >= 0.3 is 0 Å². The second kappa shape index (κ2) is 4.69. The van der Waals surface area contributed by atoms with E-state index in [-0.39, 0.29) is 0 Å². The SMILES string of the molecule is Cc1ccc(-c2sccc2C#N)c(CCl)c1. The highest BCUT2D eigenvalue weighted by Crippen LogP contribution is 2.33. The van der Waals surface area contributed by atoms with E-state index in [9.17, 15) is 0 Å². The molecule has 0 aliphatic rings. The molecule has 3 heteroatoms. The second-order valence-electron chi connectivity index (χ2n) is 3.57. The van der Waals surface area contributed by atoms with Gasteiger partial charge in [0.1, 0.15) is 6.07 Å². The summed E-state index contributed by atoms with van der Waals surface area (Å²) in [4.78, 5) is 1.01. The summed E-state index contributed by atoms with van der Waals surface area (Å²) in [6, 6.07) is 10.2. The van der Waals surface area contributed by atoms with Crippen LogP contribution in [0.1, 0.15) is 16.7 Å². The number of hydrogen-bond donors (Lipinski definition) is 0. The number of rotatable bonds is 2. The van der Waals surface area contributed by atoms with Crippen LogP contribution in [0.15, 0.2) is 29.6 Å². The molecule has 0 saturated heterocycles. The average molecular weight is 248 g/mol. The lowest BCUT2D eigenvalue weighted by atomic mass is 10.0. The molecule has 2 rings (SSSR count). The number of halogens is 1. The Balaban J connectivity index is 2.61. The van der Waals surface area contributed by atoms with Gasteiger partial charge in [0, 0.05) is 5.88 Å². The molecule has 1 aromatic carbocycles. The third-order valence-corrected chi connectivity index (χ3v) is 3.67. The molecule has 16 heavy (non-hydrogen) atoms. The molecule has 1 heterocycles. The Morgan fingerprint density at radius 2 is 2.19 bits per heavy atom. The van der Waals surface area contributed by atoms with E-state index >= 15 is 0 Å². The van der Waals surface area contributed by atoms with Crippen molar-refractivity contribution in [3.8, 4) is 16.5 Å².